The summed E-state index contributed by atoms with van der Waals surface area (Å²) < 4.78 is 5.06. The Morgan fingerprint density at radius 1 is 1.30 bits per heavy atom. The van der Waals surface area contributed by atoms with Gasteiger partial charge in [0.2, 0.25) is 0 Å². The van der Waals surface area contributed by atoms with E-state index in [4.69, 9.17) is 4.74 Å². The van der Waals surface area contributed by atoms with Gasteiger partial charge in [0.05, 0.1) is 18.3 Å². The number of piperidine rings is 1. The zero-order valence-corrected chi connectivity index (χ0v) is 15.4. The van der Waals surface area contributed by atoms with Crippen LogP contribution in [0.25, 0.3) is 0 Å². The summed E-state index contributed by atoms with van der Waals surface area (Å²) >= 11 is 0. The molecule has 0 radical (unpaired) electrons. The molecule has 0 bridgehead atoms. The van der Waals surface area contributed by atoms with Crippen LogP contribution in [0.4, 0.5) is 10.5 Å². The molecule has 144 valence electrons. The van der Waals surface area contributed by atoms with Crippen LogP contribution in [0.5, 0.6) is 0 Å². The standard InChI is InChI=1S/C20H25N3O4/c1-2-27-19(24)18-16(10-11-21-18)22-13-14-7-3-4-8-15(14)17-9-5-6-12-23(17)20(25)26/h3-4,7-8,10-11,17,21-22H,2,5-6,9,12-13H2,1H3,(H,25,26). The van der Waals surface area contributed by atoms with Gasteiger partial charge in [-0.3, -0.25) is 0 Å². The lowest BCUT2D eigenvalue weighted by Gasteiger charge is -2.35. The maximum absolute atomic E-state index is 12.0. The third-order valence-corrected chi connectivity index (χ3v) is 4.86. The number of hydrogen-bond acceptors (Lipinski definition) is 4. The van der Waals surface area contributed by atoms with Crippen molar-refractivity contribution in [1.82, 2.24) is 9.88 Å². The molecule has 27 heavy (non-hydrogen) atoms. The second kappa shape index (κ2) is 8.62. The van der Waals surface area contributed by atoms with Crippen molar-refractivity contribution in [2.75, 3.05) is 18.5 Å². The summed E-state index contributed by atoms with van der Waals surface area (Å²) in [6, 6.07) is 9.52. The summed E-state index contributed by atoms with van der Waals surface area (Å²) in [4.78, 5) is 28.1. The van der Waals surface area contributed by atoms with Crippen LogP contribution in [0.2, 0.25) is 0 Å². The van der Waals surface area contributed by atoms with Gasteiger partial charge in [-0.1, -0.05) is 24.3 Å². The number of nitrogens with one attached hydrogen (secondary N) is 2. The minimum atomic E-state index is -0.877. The van der Waals surface area contributed by atoms with Crippen molar-refractivity contribution in [3.8, 4) is 0 Å². The fraction of sp³-hybridized carbons (Fsp3) is 0.400. The molecule has 1 aliphatic heterocycles. The van der Waals surface area contributed by atoms with E-state index in [0.29, 0.717) is 31.1 Å². The third-order valence-electron chi connectivity index (χ3n) is 4.86. The molecule has 1 aromatic heterocycles. The smallest absolute Gasteiger partial charge is 0.407 e. The molecule has 3 rings (SSSR count). The van der Waals surface area contributed by atoms with E-state index in [-0.39, 0.29) is 6.04 Å². The number of likely N-dealkylation sites (tertiary alicyclic amines) is 1. The highest BCUT2D eigenvalue weighted by molar-refractivity contribution is 5.93. The normalized spacial score (nSPS) is 16.8. The molecular formula is C20H25N3O4. The molecular weight excluding hydrogens is 346 g/mol. The number of hydrogen-bond donors (Lipinski definition) is 3. The quantitative estimate of drug-likeness (QED) is 0.667. The number of carbonyl (C=O) groups excluding carboxylic acids is 1. The van der Waals surface area contributed by atoms with Gasteiger partial charge in [-0.2, -0.15) is 0 Å². The van der Waals surface area contributed by atoms with Gasteiger partial charge in [-0.25, -0.2) is 9.59 Å². The van der Waals surface area contributed by atoms with Crippen molar-refractivity contribution in [2.24, 2.45) is 0 Å². The number of carboxylic acid groups (broad SMARTS) is 1. The first-order valence-electron chi connectivity index (χ1n) is 9.27. The molecule has 1 unspecified atom stereocenters. The second-order valence-electron chi connectivity index (χ2n) is 6.53. The van der Waals surface area contributed by atoms with Gasteiger partial charge < -0.3 is 25.0 Å². The van der Waals surface area contributed by atoms with Crippen LogP contribution in [0.1, 0.15) is 53.8 Å². The van der Waals surface area contributed by atoms with Gasteiger partial charge in [-0.05, 0) is 43.4 Å². The van der Waals surface area contributed by atoms with Gasteiger partial charge in [0.15, 0.2) is 0 Å². The number of H-pyrrole nitrogens is 1. The molecule has 7 heteroatoms. The zero-order chi connectivity index (χ0) is 19.2. The summed E-state index contributed by atoms with van der Waals surface area (Å²) in [6.45, 7) is 3.13. The maximum atomic E-state index is 12.0. The van der Waals surface area contributed by atoms with Crippen LogP contribution in [-0.4, -0.2) is 40.2 Å². The number of aromatic nitrogens is 1. The Balaban J connectivity index is 1.78. The molecule has 1 amide bonds. The van der Waals surface area contributed by atoms with Crippen LogP contribution in [0.15, 0.2) is 36.5 Å². The predicted molar refractivity (Wildman–Crippen MR) is 102 cm³/mol. The van der Waals surface area contributed by atoms with Crippen molar-refractivity contribution < 1.29 is 19.4 Å². The molecule has 1 saturated heterocycles. The van der Waals surface area contributed by atoms with Gasteiger partial charge in [-0.15, -0.1) is 0 Å². The van der Waals surface area contributed by atoms with Crippen molar-refractivity contribution >= 4 is 17.7 Å². The van der Waals surface area contributed by atoms with Crippen molar-refractivity contribution in [3.05, 3.63) is 53.3 Å². The third kappa shape index (κ3) is 4.24. The highest BCUT2D eigenvalue weighted by Crippen LogP contribution is 2.33. The van der Waals surface area contributed by atoms with Gasteiger partial charge in [0.25, 0.3) is 0 Å². The lowest BCUT2D eigenvalue weighted by Crippen LogP contribution is -2.37. The summed E-state index contributed by atoms with van der Waals surface area (Å²) in [5, 5.41) is 12.8. The Kier molecular flexibility index (Phi) is 6.01. The SMILES string of the molecule is CCOC(=O)c1[nH]ccc1NCc1ccccc1C1CCCCN1C(=O)O. The molecule has 7 nitrogen and oxygen atoms in total. The average molecular weight is 371 g/mol. The van der Waals surface area contributed by atoms with E-state index in [1.54, 1.807) is 19.2 Å². The molecule has 0 saturated carbocycles. The predicted octanol–water partition coefficient (Wildman–Crippen LogP) is 4.01. The number of amides is 1. The minimum Gasteiger partial charge on any atom is -0.465 e. The van der Waals surface area contributed by atoms with E-state index >= 15 is 0 Å². The minimum absolute atomic E-state index is 0.134. The second-order valence-corrected chi connectivity index (χ2v) is 6.53. The number of ether oxygens (including phenoxy) is 1. The molecule has 0 aliphatic carbocycles. The number of aromatic amines is 1. The average Bonchev–Trinajstić information content (AvgIpc) is 3.15. The first-order valence-corrected chi connectivity index (χ1v) is 9.27. The van der Waals surface area contributed by atoms with E-state index in [9.17, 15) is 14.7 Å². The van der Waals surface area contributed by atoms with Crippen LogP contribution in [-0.2, 0) is 11.3 Å². The molecule has 1 aromatic carbocycles. The number of nitrogens with zero attached hydrogens (tertiary/aromatic N) is 1. The number of benzene rings is 1. The number of anilines is 1. The van der Waals surface area contributed by atoms with E-state index in [1.807, 2.05) is 24.3 Å². The molecule has 1 atom stereocenters. The molecule has 3 N–H and O–H groups in total. The van der Waals surface area contributed by atoms with Crippen LogP contribution in [0, 0.1) is 0 Å². The molecule has 1 fully saturated rings. The molecule has 0 spiro atoms. The van der Waals surface area contributed by atoms with Gasteiger partial charge in [0.1, 0.15) is 5.69 Å². The number of carbonyl (C=O) groups is 2. The Labute approximate surface area is 158 Å². The fourth-order valence-corrected chi connectivity index (χ4v) is 3.58. The fourth-order valence-electron chi connectivity index (χ4n) is 3.58. The van der Waals surface area contributed by atoms with E-state index < -0.39 is 12.1 Å². The maximum Gasteiger partial charge on any atom is 0.407 e. The number of rotatable bonds is 6. The largest absolute Gasteiger partial charge is 0.465 e. The summed E-state index contributed by atoms with van der Waals surface area (Å²) in [5.74, 6) is -0.400. The van der Waals surface area contributed by atoms with Gasteiger partial charge >= 0.3 is 12.1 Å². The lowest BCUT2D eigenvalue weighted by atomic mass is 9.92. The first kappa shape index (κ1) is 18.8. The molecule has 1 aliphatic rings. The van der Waals surface area contributed by atoms with Crippen LogP contribution in [0.3, 0.4) is 0 Å². The van der Waals surface area contributed by atoms with E-state index in [0.717, 1.165) is 30.4 Å². The summed E-state index contributed by atoms with van der Waals surface area (Å²) in [6.07, 6.45) is 3.55. The van der Waals surface area contributed by atoms with Crippen molar-refractivity contribution in [1.29, 1.82) is 0 Å². The van der Waals surface area contributed by atoms with Crippen LogP contribution < -0.4 is 5.32 Å². The number of esters is 1. The highest BCUT2D eigenvalue weighted by atomic mass is 16.5. The monoisotopic (exact) mass is 371 g/mol. The first-order chi connectivity index (χ1) is 13.1. The van der Waals surface area contributed by atoms with Gasteiger partial charge in [0, 0.05) is 19.3 Å². The Morgan fingerprint density at radius 3 is 2.89 bits per heavy atom. The summed E-state index contributed by atoms with van der Waals surface area (Å²) in [5.41, 5.74) is 3.09. The van der Waals surface area contributed by atoms with Crippen LogP contribution >= 0.6 is 0 Å². The summed E-state index contributed by atoms with van der Waals surface area (Å²) in [7, 11) is 0. The molecule has 2 aromatic rings. The van der Waals surface area contributed by atoms with E-state index in [2.05, 4.69) is 10.3 Å². The lowest BCUT2D eigenvalue weighted by molar-refractivity contribution is 0.0521. The topological polar surface area (TPSA) is 94.7 Å². The zero-order valence-electron chi connectivity index (χ0n) is 15.4. The Morgan fingerprint density at radius 2 is 2.11 bits per heavy atom. The van der Waals surface area contributed by atoms with E-state index in [1.165, 1.54) is 4.90 Å². The Hall–Kier alpha value is -2.96. The Bertz CT molecular complexity index is 802. The molecule has 2 heterocycles. The highest BCUT2D eigenvalue weighted by Gasteiger charge is 2.29. The van der Waals surface area contributed by atoms with Crippen molar-refractivity contribution in [3.63, 3.8) is 0 Å². The van der Waals surface area contributed by atoms with Crippen molar-refractivity contribution in [2.45, 2.75) is 38.8 Å².